The number of carbonyl (C=O) groups is 3. The molecule has 1 aliphatic heterocycles. The number of hydrogen-bond donors (Lipinski definition) is 0. The summed E-state index contributed by atoms with van der Waals surface area (Å²) in [6.07, 6.45) is 0.804. The van der Waals surface area contributed by atoms with E-state index in [2.05, 4.69) is 0 Å². The Morgan fingerprint density at radius 3 is 2.68 bits per heavy atom. The van der Waals surface area contributed by atoms with Gasteiger partial charge in [0, 0.05) is 10.8 Å². The molecule has 116 valence electrons. The molecule has 0 aliphatic carbocycles. The van der Waals surface area contributed by atoms with E-state index >= 15 is 0 Å². The fourth-order valence-corrected chi connectivity index (χ4v) is 3.94. The van der Waals surface area contributed by atoms with Gasteiger partial charge in [-0.2, -0.15) is 0 Å². The summed E-state index contributed by atoms with van der Waals surface area (Å²) in [6, 6.07) is 2.21. The minimum absolute atomic E-state index is 0.0698. The van der Waals surface area contributed by atoms with E-state index in [1.165, 1.54) is 11.3 Å². The van der Waals surface area contributed by atoms with Crippen LogP contribution in [0.1, 0.15) is 17.7 Å². The van der Waals surface area contributed by atoms with E-state index in [0.717, 1.165) is 21.5 Å². The first kappa shape index (κ1) is 16.7. The van der Waals surface area contributed by atoms with Gasteiger partial charge in [0.05, 0.1) is 16.9 Å². The van der Waals surface area contributed by atoms with Crippen LogP contribution < -0.4 is 10.2 Å². The molecule has 1 amide bonds. The van der Waals surface area contributed by atoms with E-state index in [9.17, 15) is 24.6 Å². The molecule has 1 aromatic rings. The lowest BCUT2D eigenvalue weighted by molar-refractivity contribution is -0.311. The van der Waals surface area contributed by atoms with Crippen LogP contribution in [-0.4, -0.2) is 33.1 Å². The molecule has 0 aromatic carbocycles. The molecule has 1 aliphatic rings. The lowest BCUT2D eigenvalue weighted by Gasteiger charge is -2.27. The maximum absolute atomic E-state index is 12.3. The average molecular weight is 355 g/mol. The van der Waals surface area contributed by atoms with Crippen molar-refractivity contribution in [1.29, 1.82) is 0 Å². The maximum Gasteiger partial charge on any atom is 0.266 e. The lowest BCUT2D eigenvalue weighted by atomic mass is 10.1. The van der Waals surface area contributed by atoms with Crippen molar-refractivity contribution in [2.75, 3.05) is 0 Å². The number of thioether (sulfide) groups is 1. The molecule has 0 radical (unpaired) electrons. The Kier molecular flexibility index (Phi) is 5.33. The van der Waals surface area contributed by atoms with Crippen molar-refractivity contribution in [3.05, 3.63) is 27.3 Å². The molecule has 2 heterocycles. The summed E-state index contributed by atoms with van der Waals surface area (Å²) in [7, 11) is 0. The van der Waals surface area contributed by atoms with E-state index in [1.807, 2.05) is 17.5 Å². The number of hydrogen-bond acceptors (Lipinski definition) is 8. The number of nitrogens with zero attached hydrogens (tertiary/aromatic N) is 1. The average Bonchev–Trinajstić information content (AvgIpc) is 3.02. The van der Waals surface area contributed by atoms with E-state index in [0.29, 0.717) is 4.91 Å². The van der Waals surface area contributed by atoms with E-state index in [1.54, 1.807) is 6.08 Å². The van der Waals surface area contributed by atoms with Crippen molar-refractivity contribution < 1.29 is 24.6 Å². The van der Waals surface area contributed by atoms with Crippen LogP contribution in [0.3, 0.4) is 0 Å². The van der Waals surface area contributed by atoms with Crippen LogP contribution in [0, 0.1) is 0 Å². The predicted octanol–water partition coefficient (Wildman–Crippen LogP) is -0.402. The summed E-state index contributed by atoms with van der Waals surface area (Å²) in [4.78, 5) is 36.1. The summed E-state index contributed by atoms with van der Waals surface area (Å²) in [5, 5.41) is 23.6. The second kappa shape index (κ2) is 7.03. The number of carboxylic acid groups (broad SMARTS) is 2. The minimum Gasteiger partial charge on any atom is -0.550 e. The van der Waals surface area contributed by atoms with E-state index in [4.69, 9.17) is 12.2 Å². The summed E-state index contributed by atoms with van der Waals surface area (Å²) in [6.45, 7) is 0. The Morgan fingerprint density at radius 1 is 1.41 bits per heavy atom. The molecular formula is C13H9NO5S3-2. The number of aliphatic carboxylic acids is 2. The Balaban J connectivity index is 2.22. The van der Waals surface area contributed by atoms with Gasteiger partial charge in [0.2, 0.25) is 0 Å². The predicted molar refractivity (Wildman–Crippen MR) is 82.4 cm³/mol. The molecular weight excluding hydrogens is 346 g/mol. The Hall–Kier alpha value is -1.71. The lowest BCUT2D eigenvalue weighted by Crippen LogP contribution is -2.50. The molecule has 22 heavy (non-hydrogen) atoms. The van der Waals surface area contributed by atoms with Crippen LogP contribution in [0.2, 0.25) is 0 Å². The van der Waals surface area contributed by atoms with Gasteiger partial charge in [-0.3, -0.25) is 9.69 Å². The van der Waals surface area contributed by atoms with Crippen LogP contribution in [0.15, 0.2) is 22.4 Å². The highest BCUT2D eigenvalue weighted by molar-refractivity contribution is 8.26. The van der Waals surface area contributed by atoms with Gasteiger partial charge < -0.3 is 19.8 Å². The second-order valence-corrected chi connectivity index (χ2v) is 6.97. The molecule has 2 rings (SSSR count). The van der Waals surface area contributed by atoms with Gasteiger partial charge >= 0.3 is 0 Å². The third kappa shape index (κ3) is 3.73. The molecule has 0 bridgehead atoms. The van der Waals surface area contributed by atoms with Crippen molar-refractivity contribution in [2.24, 2.45) is 0 Å². The minimum atomic E-state index is -1.55. The highest BCUT2D eigenvalue weighted by Crippen LogP contribution is 2.35. The first-order chi connectivity index (χ1) is 10.4. The first-order valence-corrected chi connectivity index (χ1v) is 8.22. The van der Waals surface area contributed by atoms with Crippen molar-refractivity contribution in [3.63, 3.8) is 0 Å². The van der Waals surface area contributed by atoms with E-state index in [-0.39, 0.29) is 10.7 Å². The monoisotopic (exact) mass is 355 g/mol. The van der Waals surface area contributed by atoms with Crippen LogP contribution in [-0.2, 0) is 14.4 Å². The van der Waals surface area contributed by atoms with Gasteiger partial charge in [-0.05, 0) is 30.4 Å². The number of carboxylic acids is 2. The topological polar surface area (TPSA) is 101 Å². The number of carbonyl (C=O) groups excluding carboxylic acids is 3. The van der Waals surface area contributed by atoms with Crippen LogP contribution >= 0.6 is 35.3 Å². The first-order valence-electron chi connectivity index (χ1n) is 6.11. The quantitative estimate of drug-likeness (QED) is 0.505. The fraction of sp³-hybridized carbons (Fsp3) is 0.231. The standard InChI is InChI=1S/C13H11NO5S3/c15-10(16)4-3-8(12(18)19)14-11(17)9(22-13(14)20)6-7-2-1-5-21-7/h1-2,5-6,8H,3-4H2,(H,15,16)(H,18,19)/p-2/b9-6+/t8-/m0/s1. The SMILES string of the molecule is O=C([O-])CC[C@@H](C(=O)[O-])N1C(=O)/C(=C\c2cccs2)SC1=S. The zero-order valence-corrected chi connectivity index (χ0v) is 13.5. The molecule has 1 atom stereocenters. The van der Waals surface area contributed by atoms with E-state index < -0.39 is 30.3 Å². The summed E-state index contributed by atoms with van der Waals surface area (Å²) in [5.41, 5.74) is 0. The second-order valence-electron chi connectivity index (χ2n) is 4.31. The van der Waals surface area contributed by atoms with Gasteiger partial charge in [0.15, 0.2) is 0 Å². The number of thiophene rings is 1. The molecule has 0 saturated carbocycles. The largest absolute Gasteiger partial charge is 0.550 e. The third-order valence-electron chi connectivity index (χ3n) is 2.85. The summed E-state index contributed by atoms with van der Waals surface area (Å²) in [5.74, 6) is -3.50. The van der Waals surface area contributed by atoms with Gasteiger partial charge in [-0.1, -0.05) is 30.0 Å². The number of amides is 1. The van der Waals surface area contributed by atoms with Crippen molar-refractivity contribution >= 4 is 63.6 Å². The van der Waals surface area contributed by atoms with Crippen LogP contribution in [0.25, 0.3) is 6.08 Å². The molecule has 9 heteroatoms. The van der Waals surface area contributed by atoms with Gasteiger partial charge in [0.1, 0.15) is 4.32 Å². The Bertz CT molecular complexity index is 653. The molecule has 0 unspecified atom stereocenters. The molecule has 6 nitrogen and oxygen atoms in total. The smallest absolute Gasteiger partial charge is 0.266 e. The van der Waals surface area contributed by atoms with Crippen molar-refractivity contribution in [1.82, 2.24) is 4.90 Å². The molecule has 0 spiro atoms. The van der Waals surface area contributed by atoms with Gasteiger partial charge in [-0.15, -0.1) is 11.3 Å². The normalized spacial score (nSPS) is 18.0. The summed E-state index contributed by atoms with van der Waals surface area (Å²) >= 11 is 7.45. The zero-order valence-electron chi connectivity index (χ0n) is 11.0. The van der Waals surface area contributed by atoms with Crippen LogP contribution in [0.4, 0.5) is 0 Å². The highest BCUT2D eigenvalue weighted by Gasteiger charge is 2.37. The third-order valence-corrected chi connectivity index (χ3v) is 5.00. The van der Waals surface area contributed by atoms with Gasteiger partial charge in [0.25, 0.3) is 5.91 Å². The summed E-state index contributed by atoms with van der Waals surface area (Å²) < 4.78 is 0.0698. The van der Waals surface area contributed by atoms with Crippen molar-refractivity contribution in [2.45, 2.75) is 18.9 Å². The maximum atomic E-state index is 12.3. The molecule has 1 fully saturated rings. The Labute approximate surface area is 139 Å². The number of thiocarbonyl (C=S) groups is 1. The fourth-order valence-electron chi connectivity index (χ4n) is 1.86. The van der Waals surface area contributed by atoms with Crippen LogP contribution in [0.5, 0.6) is 0 Å². The highest BCUT2D eigenvalue weighted by atomic mass is 32.2. The van der Waals surface area contributed by atoms with Crippen molar-refractivity contribution in [3.8, 4) is 0 Å². The zero-order chi connectivity index (χ0) is 16.3. The Morgan fingerprint density at radius 2 is 2.14 bits per heavy atom. The molecule has 1 aromatic heterocycles. The van der Waals surface area contributed by atoms with Gasteiger partial charge in [-0.25, -0.2) is 0 Å². The number of rotatable bonds is 6. The molecule has 1 saturated heterocycles. The molecule has 0 N–H and O–H groups in total.